The van der Waals surface area contributed by atoms with Gasteiger partial charge in [-0.05, 0) is 44.5 Å². The fourth-order valence-corrected chi connectivity index (χ4v) is 2.97. The predicted octanol–water partition coefficient (Wildman–Crippen LogP) is 4.38. The number of esters is 1. The summed E-state index contributed by atoms with van der Waals surface area (Å²) in [7, 11) is 1.30. The highest BCUT2D eigenvalue weighted by molar-refractivity contribution is 6.34. The van der Waals surface area contributed by atoms with Crippen LogP contribution in [-0.2, 0) is 4.74 Å². The minimum absolute atomic E-state index is 0.290. The number of aryl methyl sites for hydroxylation is 1. The van der Waals surface area contributed by atoms with E-state index in [1.54, 1.807) is 39.0 Å². The van der Waals surface area contributed by atoms with Gasteiger partial charge < -0.3 is 14.5 Å². The average molecular weight is 370 g/mol. The number of H-pyrrole nitrogens is 1. The first kappa shape index (κ1) is 18.4. The van der Waals surface area contributed by atoms with Gasteiger partial charge in [-0.3, -0.25) is 4.79 Å². The molecule has 7 heteroatoms. The molecule has 0 radical (unpaired) electrons. The van der Waals surface area contributed by atoms with Gasteiger partial charge in [-0.2, -0.15) is 0 Å². The van der Waals surface area contributed by atoms with Crippen LogP contribution in [0.25, 0.3) is 0 Å². The minimum atomic E-state index is -0.790. The number of benzene rings is 1. The Kier molecular flexibility index (Phi) is 5.57. The Labute approximate surface area is 149 Å². The molecule has 0 bridgehead atoms. The molecule has 5 nitrogen and oxygen atoms in total. The summed E-state index contributed by atoms with van der Waals surface area (Å²) in [6.45, 7) is 5.01. The van der Waals surface area contributed by atoms with Crippen LogP contribution in [0, 0.1) is 13.8 Å². The maximum Gasteiger partial charge on any atom is 0.339 e. The van der Waals surface area contributed by atoms with Crippen LogP contribution in [0.2, 0.25) is 10.0 Å². The predicted molar refractivity (Wildman–Crippen MR) is 92.5 cm³/mol. The lowest BCUT2D eigenvalue weighted by Gasteiger charge is -2.14. The van der Waals surface area contributed by atoms with Gasteiger partial charge in [0.2, 0.25) is 5.78 Å². The Balaban J connectivity index is 2.26. The van der Waals surface area contributed by atoms with Gasteiger partial charge in [-0.25, -0.2) is 4.79 Å². The number of nitrogens with one attached hydrogen (secondary N) is 1. The molecule has 2 rings (SSSR count). The Morgan fingerprint density at radius 2 is 1.71 bits per heavy atom. The number of hydrogen-bond donors (Lipinski definition) is 1. The number of hydrogen-bond acceptors (Lipinski definition) is 4. The summed E-state index contributed by atoms with van der Waals surface area (Å²) >= 11 is 11.8. The van der Waals surface area contributed by atoms with Crippen molar-refractivity contribution in [1.82, 2.24) is 4.98 Å². The molecule has 0 saturated carbocycles. The highest BCUT2D eigenvalue weighted by Crippen LogP contribution is 2.26. The van der Waals surface area contributed by atoms with E-state index in [9.17, 15) is 9.59 Å². The van der Waals surface area contributed by atoms with Crippen molar-refractivity contribution in [2.75, 3.05) is 7.11 Å². The lowest BCUT2D eigenvalue weighted by Crippen LogP contribution is -2.25. The molecule has 1 aromatic carbocycles. The monoisotopic (exact) mass is 369 g/mol. The smallest absolute Gasteiger partial charge is 0.339 e. The lowest BCUT2D eigenvalue weighted by atomic mass is 10.1. The highest BCUT2D eigenvalue weighted by Gasteiger charge is 2.26. The van der Waals surface area contributed by atoms with Gasteiger partial charge in [0.1, 0.15) is 5.75 Å². The van der Waals surface area contributed by atoms with Gasteiger partial charge in [0.05, 0.1) is 18.4 Å². The molecule has 0 spiro atoms. The van der Waals surface area contributed by atoms with E-state index in [1.165, 1.54) is 7.11 Å². The van der Waals surface area contributed by atoms with Gasteiger partial charge in [0.15, 0.2) is 6.10 Å². The summed E-state index contributed by atoms with van der Waals surface area (Å²) in [6, 6.07) is 4.72. The summed E-state index contributed by atoms with van der Waals surface area (Å²) in [5.41, 5.74) is 1.78. The van der Waals surface area contributed by atoms with Crippen molar-refractivity contribution in [1.29, 1.82) is 0 Å². The van der Waals surface area contributed by atoms with Crippen LogP contribution in [0.4, 0.5) is 0 Å². The number of aromatic nitrogens is 1. The van der Waals surface area contributed by atoms with Crippen LogP contribution < -0.4 is 4.74 Å². The van der Waals surface area contributed by atoms with Crippen LogP contribution in [0.3, 0.4) is 0 Å². The molecule has 0 fully saturated rings. The van der Waals surface area contributed by atoms with Gasteiger partial charge in [-0.15, -0.1) is 0 Å². The number of aromatic amines is 1. The Morgan fingerprint density at radius 1 is 1.12 bits per heavy atom. The second-order valence-corrected chi connectivity index (χ2v) is 6.22. The molecule has 0 aliphatic heterocycles. The Bertz CT molecular complexity index is 778. The Morgan fingerprint density at radius 3 is 2.25 bits per heavy atom. The van der Waals surface area contributed by atoms with Crippen LogP contribution in [-0.4, -0.2) is 30.0 Å². The summed E-state index contributed by atoms with van der Waals surface area (Å²) in [4.78, 5) is 27.4. The molecule has 0 unspecified atom stereocenters. The number of methoxy groups -OCH3 is 1. The van der Waals surface area contributed by atoms with Crippen molar-refractivity contribution < 1.29 is 19.1 Å². The molecule has 0 amide bonds. The fourth-order valence-electron chi connectivity index (χ4n) is 2.46. The molecule has 128 valence electrons. The number of ether oxygens (including phenoxy) is 2. The summed E-state index contributed by atoms with van der Waals surface area (Å²) in [5, 5.41) is 0.828. The molecular formula is C17H17Cl2NO4. The van der Waals surface area contributed by atoms with E-state index in [4.69, 9.17) is 32.7 Å². The standard InChI is InChI=1S/C17H17Cl2NO4/c1-8-14(17(22)23-4)9(2)20-15(8)16(21)10(3)24-13-6-11(18)5-12(19)7-13/h5-7,10,20H,1-4H3/t10-/m1/s1. The topological polar surface area (TPSA) is 68.4 Å². The SMILES string of the molecule is COC(=O)c1c(C)[nH]c(C(=O)[C@@H](C)Oc2cc(Cl)cc(Cl)c2)c1C. The molecule has 2 aromatic rings. The highest BCUT2D eigenvalue weighted by atomic mass is 35.5. The van der Waals surface area contributed by atoms with E-state index in [-0.39, 0.29) is 5.78 Å². The average Bonchev–Trinajstić information content (AvgIpc) is 2.79. The number of rotatable bonds is 5. The molecule has 1 atom stereocenters. The van der Waals surface area contributed by atoms with E-state index in [2.05, 4.69) is 4.98 Å². The number of carbonyl (C=O) groups excluding carboxylic acids is 2. The fraction of sp³-hybridized carbons (Fsp3) is 0.294. The van der Waals surface area contributed by atoms with Gasteiger partial charge in [-0.1, -0.05) is 23.2 Å². The molecule has 1 aromatic heterocycles. The van der Waals surface area contributed by atoms with Crippen molar-refractivity contribution in [2.45, 2.75) is 26.9 Å². The molecule has 0 aliphatic carbocycles. The molecular weight excluding hydrogens is 353 g/mol. The number of halogens is 2. The molecule has 0 saturated heterocycles. The third-order valence-corrected chi connectivity index (χ3v) is 4.03. The van der Waals surface area contributed by atoms with Crippen molar-refractivity contribution in [3.8, 4) is 5.75 Å². The Hall–Kier alpha value is -1.98. The van der Waals surface area contributed by atoms with E-state index in [0.29, 0.717) is 38.3 Å². The van der Waals surface area contributed by atoms with E-state index < -0.39 is 12.1 Å². The number of ketones is 1. The van der Waals surface area contributed by atoms with Crippen molar-refractivity contribution in [3.05, 3.63) is 50.8 Å². The summed E-state index contributed by atoms with van der Waals surface area (Å²) < 4.78 is 10.4. The quantitative estimate of drug-likeness (QED) is 0.627. The van der Waals surface area contributed by atoms with E-state index in [1.807, 2.05) is 0 Å². The second kappa shape index (κ2) is 7.28. The van der Waals surface area contributed by atoms with Crippen molar-refractivity contribution >= 4 is 35.0 Å². The minimum Gasteiger partial charge on any atom is -0.482 e. The summed E-state index contributed by atoms with van der Waals surface area (Å²) in [6.07, 6.45) is -0.790. The zero-order chi connectivity index (χ0) is 18.0. The first-order valence-corrected chi connectivity index (χ1v) is 7.94. The number of Topliss-reactive ketones (excluding diaryl/α,β-unsaturated/α-hetero) is 1. The molecule has 0 aliphatic rings. The van der Waals surface area contributed by atoms with E-state index in [0.717, 1.165) is 0 Å². The number of carbonyl (C=O) groups is 2. The molecule has 24 heavy (non-hydrogen) atoms. The third-order valence-electron chi connectivity index (χ3n) is 3.59. The maximum atomic E-state index is 12.6. The van der Waals surface area contributed by atoms with Crippen LogP contribution >= 0.6 is 23.2 Å². The molecule has 1 heterocycles. The first-order valence-electron chi connectivity index (χ1n) is 7.19. The van der Waals surface area contributed by atoms with Gasteiger partial charge in [0.25, 0.3) is 0 Å². The van der Waals surface area contributed by atoms with Crippen molar-refractivity contribution in [2.24, 2.45) is 0 Å². The third kappa shape index (κ3) is 3.74. The molecule has 1 N–H and O–H groups in total. The van der Waals surface area contributed by atoms with Gasteiger partial charge in [0, 0.05) is 15.7 Å². The van der Waals surface area contributed by atoms with Crippen LogP contribution in [0.5, 0.6) is 5.75 Å². The van der Waals surface area contributed by atoms with Gasteiger partial charge >= 0.3 is 5.97 Å². The summed E-state index contributed by atoms with van der Waals surface area (Å²) in [5.74, 6) is -0.389. The lowest BCUT2D eigenvalue weighted by molar-refractivity contribution is 0.0599. The zero-order valence-corrected chi connectivity index (χ0v) is 15.2. The normalized spacial score (nSPS) is 11.9. The van der Waals surface area contributed by atoms with Crippen LogP contribution in [0.15, 0.2) is 18.2 Å². The van der Waals surface area contributed by atoms with E-state index >= 15 is 0 Å². The zero-order valence-electron chi connectivity index (χ0n) is 13.7. The van der Waals surface area contributed by atoms with Crippen molar-refractivity contribution in [3.63, 3.8) is 0 Å². The van der Waals surface area contributed by atoms with Crippen LogP contribution in [0.1, 0.15) is 39.0 Å². The maximum absolute atomic E-state index is 12.6. The first-order chi connectivity index (χ1) is 11.2. The second-order valence-electron chi connectivity index (χ2n) is 5.35. The largest absolute Gasteiger partial charge is 0.482 e.